The molecule has 4 heteroatoms. The van der Waals surface area contributed by atoms with Crippen LogP contribution in [0.5, 0.6) is 0 Å². The first-order valence-corrected chi connectivity index (χ1v) is 5.06. The zero-order valence-electron chi connectivity index (χ0n) is 9.39. The molecule has 82 valence electrons. The van der Waals surface area contributed by atoms with Gasteiger partial charge in [0, 0.05) is 12.6 Å². The molecule has 0 amide bonds. The topological polar surface area (TPSA) is 50.4 Å². The standard InChI is InChI=1S/C10H20N2O2/c1-10(2,3)14-9(13)8-5-7(11-4)6-12-8/h7-8,11-12H,5-6H2,1-4H3. The van der Waals surface area contributed by atoms with Crippen molar-refractivity contribution in [3.63, 3.8) is 0 Å². The molecule has 2 N–H and O–H groups in total. The predicted octanol–water partition coefficient (Wildman–Crippen LogP) is 0.278. The Hall–Kier alpha value is -0.610. The molecule has 0 bridgehead atoms. The van der Waals surface area contributed by atoms with Gasteiger partial charge in [-0.05, 0) is 34.2 Å². The Morgan fingerprint density at radius 3 is 2.57 bits per heavy atom. The number of ether oxygens (including phenoxy) is 1. The first kappa shape index (κ1) is 11.5. The molecule has 1 aliphatic heterocycles. The number of likely N-dealkylation sites (N-methyl/N-ethyl adjacent to an activating group) is 1. The summed E-state index contributed by atoms with van der Waals surface area (Å²) < 4.78 is 5.29. The van der Waals surface area contributed by atoms with Gasteiger partial charge in [-0.3, -0.25) is 4.79 Å². The van der Waals surface area contributed by atoms with E-state index >= 15 is 0 Å². The minimum Gasteiger partial charge on any atom is -0.459 e. The molecular formula is C10H20N2O2. The van der Waals surface area contributed by atoms with Crippen LogP contribution in [0, 0.1) is 0 Å². The third kappa shape index (κ3) is 3.27. The Morgan fingerprint density at radius 2 is 2.14 bits per heavy atom. The van der Waals surface area contributed by atoms with Crippen LogP contribution in [0.1, 0.15) is 27.2 Å². The second kappa shape index (κ2) is 4.28. The number of carbonyl (C=O) groups excluding carboxylic acids is 1. The lowest BCUT2D eigenvalue weighted by Gasteiger charge is -2.22. The summed E-state index contributed by atoms with van der Waals surface area (Å²) in [7, 11) is 1.91. The smallest absolute Gasteiger partial charge is 0.323 e. The summed E-state index contributed by atoms with van der Waals surface area (Å²) in [5, 5.41) is 6.28. The summed E-state index contributed by atoms with van der Waals surface area (Å²) in [6.07, 6.45) is 0.811. The molecule has 0 saturated carbocycles. The highest BCUT2D eigenvalue weighted by molar-refractivity contribution is 5.76. The number of hydrogen-bond donors (Lipinski definition) is 2. The molecule has 1 heterocycles. The van der Waals surface area contributed by atoms with Gasteiger partial charge < -0.3 is 15.4 Å². The highest BCUT2D eigenvalue weighted by atomic mass is 16.6. The Morgan fingerprint density at radius 1 is 1.50 bits per heavy atom. The summed E-state index contributed by atoms with van der Waals surface area (Å²) in [5.74, 6) is -0.143. The monoisotopic (exact) mass is 200 g/mol. The Balaban J connectivity index is 2.40. The van der Waals surface area contributed by atoms with Crippen LogP contribution in [-0.4, -0.2) is 37.2 Å². The molecule has 14 heavy (non-hydrogen) atoms. The third-order valence-electron chi connectivity index (χ3n) is 2.23. The lowest BCUT2D eigenvalue weighted by atomic mass is 10.1. The molecule has 2 atom stereocenters. The fraction of sp³-hybridized carbons (Fsp3) is 0.900. The Labute approximate surface area is 85.4 Å². The summed E-state index contributed by atoms with van der Waals surface area (Å²) >= 11 is 0. The van der Waals surface area contributed by atoms with E-state index in [1.54, 1.807) is 0 Å². The number of rotatable bonds is 2. The molecule has 0 spiro atoms. The van der Waals surface area contributed by atoms with Crippen molar-refractivity contribution >= 4 is 5.97 Å². The van der Waals surface area contributed by atoms with E-state index in [1.807, 2.05) is 27.8 Å². The van der Waals surface area contributed by atoms with E-state index in [4.69, 9.17) is 4.74 Å². The Kier molecular flexibility index (Phi) is 3.50. The van der Waals surface area contributed by atoms with Crippen molar-refractivity contribution in [2.45, 2.75) is 44.9 Å². The van der Waals surface area contributed by atoms with E-state index in [9.17, 15) is 4.79 Å². The maximum Gasteiger partial charge on any atom is 0.323 e. The van der Waals surface area contributed by atoms with Gasteiger partial charge in [0.2, 0.25) is 0 Å². The summed E-state index contributed by atoms with van der Waals surface area (Å²) in [6.45, 7) is 6.49. The molecule has 0 aromatic rings. The van der Waals surface area contributed by atoms with Crippen molar-refractivity contribution in [1.29, 1.82) is 0 Å². The lowest BCUT2D eigenvalue weighted by molar-refractivity contribution is -0.157. The van der Waals surface area contributed by atoms with Crippen LogP contribution in [0.25, 0.3) is 0 Å². The molecule has 4 nitrogen and oxygen atoms in total. The zero-order chi connectivity index (χ0) is 10.8. The van der Waals surface area contributed by atoms with Gasteiger partial charge >= 0.3 is 5.97 Å². The highest BCUT2D eigenvalue weighted by Crippen LogP contribution is 2.13. The van der Waals surface area contributed by atoms with E-state index in [1.165, 1.54) is 0 Å². The molecule has 0 aromatic carbocycles. The number of hydrogen-bond acceptors (Lipinski definition) is 4. The van der Waals surface area contributed by atoms with Crippen LogP contribution in [0.15, 0.2) is 0 Å². The molecule has 1 rings (SSSR count). The van der Waals surface area contributed by atoms with Crippen LogP contribution in [-0.2, 0) is 9.53 Å². The maximum atomic E-state index is 11.6. The third-order valence-corrected chi connectivity index (χ3v) is 2.23. The SMILES string of the molecule is CNC1CNC(C(=O)OC(C)(C)C)C1. The van der Waals surface area contributed by atoms with Crippen molar-refractivity contribution in [2.24, 2.45) is 0 Å². The number of carbonyl (C=O) groups is 1. The second-order valence-corrected chi connectivity index (χ2v) is 4.72. The quantitative estimate of drug-likeness (QED) is 0.629. The van der Waals surface area contributed by atoms with Crippen molar-refractivity contribution in [3.05, 3.63) is 0 Å². The number of nitrogens with one attached hydrogen (secondary N) is 2. The van der Waals surface area contributed by atoms with Gasteiger partial charge in [-0.2, -0.15) is 0 Å². The minimum absolute atomic E-state index is 0.143. The van der Waals surface area contributed by atoms with Gasteiger partial charge in [-0.25, -0.2) is 0 Å². The second-order valence-electron chi connectivity index (χ2n) is 4.72. The largest absolute Gasteiger partial charge is 0.459 e. The summed E-state index contributed by atoms with van der Waals surface area (Å²) in [5.41, 5.74) is -0.392. The van der Waals surface area contributed by atoms with E-state index in [2.05, 4.69) is 10.6 Å². The van der Waals surface area contributed by atoms with Gasteiger partial charge in [-0.1, -0.05) is 0 Å². The van der Waals surface area contributed by atoms with E-state index in [0.717, 1.165) is 13.0 Å². The van der Waals surface area contributed by atoms with E-state index in [-0.39, 0.29) is 12.0 Å². The van der Waals surface area contributed by atoms with Crippen LogP contribution < -0.4 is 10.6 Å². The van der Waals surface area contributed by atoms with E-state index in [0.29, 0.717) is 6.04 Å². The normalized spacial score (nSPS) is 27.7. The fourth-order valence-corrected chi connectivity index (χ4v) is 1.51. The fourth-order valence-electron chi connectivity index (χ4n) is 1.51. The van der Waals surface area contributed by atoms with Crippen molar-refractivity contribution < 1.29 is 9.53 Å². The molecule has 2 unspecified atom stereocenters. The first-order valence-electron chi connectivity index (χ1n) is 5.06. The first-order chi connectivity index (χ1) is 6.42. The molecule has 0 radical (unpaired) electrons. The van der Waals surface area contributed by atoms with Gasteiger partial charge in [-0.15, -0.1) is 0 Å². The molecule has 0 aliphatic carbocycles. The lowest BCUT2D eigenvalue weighted by Crippen LogP contribution is -2.37. The Bertz CT molecular complexity index is 211. The molecule has 0 aromatic heterocycles. The minimum atomic E-state index is -0.392. The van der Waals surface area contributed by atoms with Crippen molar-refractivity contribution in [3.8, 4) is 0 Å². The van der Waals surface area contributed by atoms with Gasteiger partial charge in [0.05, 0.1) is 0 Å². The zero-order valence-corrected chi connectivity index (χ0v) is 9.39. The van der Waals surface area contributed by atoms with Crippen LogP contribution in [0.2, 0.25) is 0 Å². The molecule has 1 saturated heterocycles. The average Bonchev–Trinajstić information content (AvgIpc) is 2.48. The summed E-state index contributed by atoms with van der Waals surface area (Å²) in [4.78, 5) is 11.6. The highest BCUT2D eigenvalue weighted by Gasteiger charge is 2.31. The molecule has 1 fully saturated rings. The summed E-state index contributed by atoms with van der Waals surface area (Å²) in [6, 6.07) is 0.235. The van der Waals surface area contributed by atoms with Crippen molar-refractivity contribution in [1.82, 2.24) is 10.6 Å². The number of esters is 1. The van der Waals surface area contributed by atoms with E-state index < -0.39 is 5.60 Å². The molecule has 1 aliphatic rings. The van der Waals surface area contributed by atoms with Gasteiger partial charge in [0.1, 0.15) is 11.6 Å². The van der Waals surface area contributed by atoms with Crippen LogP contribution >= 0.6 is 0 Å². The maximum absolute atomic E-state index is 11.6. The predicted molar refractivity (Wildman–Crippen MR) is 55.1 cm³/mol. The average molecular weight is 200 g/mol. The van der Waals surface area contributed by atoms with Crippen LogP contribution in [0.3, 0.4) is 0 Å². The van der Waals surface area contributed by atoms with Gasteiger partial charge in [0.25, 0.3) is 0 Å². The van der Waals surface area contributed by atoms with Crippen LogP contribution in [0.4, 0.5) is 0 Å². The van der Waals surface area contributed by atoms with Gasteiger partial charge in [0.15, 0.2) is 0 Å². The molecular weight excluding hydrogens is 180 g/mol. The van der Waals surface area contributed by atoms with Crippen molar-refractivity contribution in [2.75, 3.05) is 13.6 Å².